The molecule has 6 heteroatoms. The summed E-state index contributed by atoms with van der Waals surface area (Å²) in [5.74, 6) is 0. The van der Waals surface area contributed by atoms with Crippen LogP contribution in [0, 0.1) is 0 Å². The minimum atomic E-state index is -0.935. The van der Waals surface area contributed by atoms with Gasteiger partial charge in [0, 0.05) is 12.3 Å². The van der Waals surface area contributed by atoms with Crippen LogP contribution in [0.3, 0.4) is 0 Å². The van der Waals surface area contributed by atoms with Crippen molar-refractivity contribution in [3.63, 3.8) is 0 Å². The van der Waals surface area contributed by atoms with Crippen LogP contribution in [0.4, 0.5) is 0 Å². The summed E-state index contributed by atoms with van der Waals surface area (Å²) in [5, 5.41) is 9.80. The second-order valence-corrected chi connectivity index (χ2v) is 7.33. The van der Waals surface area contributed by atoms with Crippen LogP contribution >= 0.6 is 0 Å². The molecule has 21 heavy (non-hydrogen) atoms. The summed E-state index contributed by atoms with van der Waals surface area (Å²) in [5.41, 5.74) is -1.27. The Labute approximate surface area is 126 Å². The van der Waals surface area contributed by atoms with E-state index >= 15 is 0 Å². The lowest BCUT2D eigenvalue weighted by Crippen LogP contribution is -2.41. The highest BCUT2D eigenvalue weighted by Gasteiger charge is 2.51. The quantitative estimate of drug-likeness (QED) is 0.842. The summed E-state index contributed by atoms with van der Waals surface area (Å²) in [4.78, 5) is 12.1. The molecule has 0 spiro atoms. The van der Waals surface area contributed by atoms with E-state index in [1.807, 2.05) is 27.7 Å². The average Bonchev–Trinajstić information content (AvgIpc) is 2.49. The molecule has 1 saturated heterocycles. The van der Waals surface area contributed by atoms with Gasteiger partial charge in [-0.1, -0.05) is 0 Å². The third-order valence-electron chi connectivity index (χ3n) is 4.10. The van der Waals surface area contributed by atoms with Gasteiger partial charge in [0.2, 0.25) is 5.56 Å². The molecular formula is C15H24BNO4. The molecule has 0 saturated carbocycles. The van der Waals surface area contributed by atoms with E-state index in [9.17, 15) is 9.90 Å². The van der Waals surface area contributed by atoms with Crippen LogP contribution in [0.15, 0.2) is 23.1 Å². The van der Waals surface area contributed by atoms with E-state index in [1.54, 1.807) is 26.1 Å². The molecule has 116 valence electrons. The van der Waals surface area contributed by atoms with Gasteiger partial charge in [0.25, 0.3) is 0 Å². The zero-order valence-electron chi connectivity index (χ0n) is 13.6. The summed E-state index contributed by atoms with van der Waals surface area (Å²) in [6.07, 6.45) is 1.67. The molecule has 0 amide bonds. The molecule has 1 aliphatic rings. The standard InChI is InChI=1S/C15H24BNO4/c1-13(2,19)10-17-8-7-11(9-12(17)18)16-20-14(3,4)15(5,6)21-16/h7-9,19H,10H2,1-6H3. The van der Waals surface area contributed by atoms with Gasteiger partial charge in [-0.25, -0.2) is 0 Å². The van der Waals surface area contributed by atoms with Gasteiger partial charge in [-0.15, -0.1) is 0 Å². The number of aromatic nitrogens is 1. The second kappa shape index (κ2) is 4.97. The fourth-order valence-corrected chi connectivity index (χ4v) is 2.20. The van der Waals surface area contributed by atoms with Crippen molar-refractivity contribution in [1.29, 1.82) is 0 Å². The molecule has 1 N–H and O–H groups in total. The van der Waals surface area contributed by atoms with Gasteiger partial charge < -0.3 is 19.0 Å². The first-order valence-corrected chi connectivity index (χ1v) is 7.20. The zero-order chi connectivity index (χ0) is 16.1. The van der Waals surface area contributed by atoms with Crippen LogP contribution in [0.2, 0.25) is 0 Å². The van der Waals surface area contributed by atoms with Crippen LogP contribution in [0.1, 0.15) is 41.5 Å². The Bertz CT molecular complexity index is 570. The molecule has 0 radical (unpaired) electrons. The molecule has 1 aromatic heterocycles. The van der Waals surface area contributed by atoms with Crippen molar-refractivity contribution in [3.05, 3.63) is 28.7 Å². The van der Waals surface area contributed by atoms with E-state index in [0.717, 1.165) is 0 Å². The maximum Gasteiger partial charge on any atom is 0.495 e. The van der Waals surface area contributed by atoms with Gasteiger partial charge in [0.05, 0.1) is 23.3 Å². The number of nitrogens with zero attached hydrogens (tertiary/aromatic N) is 1. The number of rotatable bonds is 3. The normalized spacial score (nSPS) is 20.8. The summed E-state index contributed by atoms with van der Waals surface area (Å²) >= 11 is 0. The van der Waals surface area contributed by atoms with Crippen molar-refractivity contribution in [2.45, 2.75) is 64.9 Å². The Morgan fingerprint density at radius 3 is 2.19 bits per heavy atom. The Kier molecular flexibility index (Phi) is 3.85. The summed E-state index contributed by atoms with van der Waals surface area (Å²) < 4.78 is 13.3. The minimum absolute atomic E-state index is 0.177. The van der Waals surface area contributed by atoms with Crippen molar-refractivity contribution in [2.75, 3.05) is 0 Å². The highest BCUT2D eigenvalue weighted by Crippen LogP contribution is 2.36. The summed E-state index contributed by atoms with van der Waals surface area (Å²) in [6.45, 7) is 11.5. The first-order chi connectivity index (χ1) is 9.41. The van der Waals surface area contributed by atoms with Crippen LogP contribution in [0.25, 0.3) is 0 Å². The number of hydrogen-bond donors (Lipinski definition) is 1. The molecule has 0 atom stereocenters. The fourth-order valence-electron chi connectivity index (χ4n) is 2.20. The molecule has 1 aromatic rings. The smallest absolute Gasteiger partial charge is 0.399 e. The highest BCUT2D eigenvalue weighted by atomic mass is 16.7. The van der Waals surface area contributed by atoms with Gasteiger partial charge in [-0.05, 0) is 53.1 Å². The second-order valence-electron chi connectivity index (χ2n) is 7.33. The van der Waals surface area contributed by atoms with Crippen molar-refractivity contribution >= 4 is 12.6 Å². The topological polar surface area (TPSA) is 60.7 Å². The lowest BCUT2D eigenvalue weighted by molar-refractivity contribution is 0.00578. The zero-order valence-corrected chi connectivity index (χ0v) is 13.6. The molecule has 0 bridgehead atoms. The number of aliphatic hydroxyl groups is 1. The van der Waals surface area contributed by atoms with Gasteiger partial charge in [-0.3, -0.25) is 4.79 Å². The van der Waals surface area contributed by atoms with Gasteiger partial charge >= 0.3 is 7.12 Å². The molecule has 2 rings (SSSR count). The monoisotopic (exact) mass is 293 g/mol. The van der Waals surface area contributed by atoms with E-state index in [0.29, 0.717) is 5.46 Å². The molecule has 1 aliphatic heterocycles. The molecule has 0 aromatic carbocycles. The molecule has 0 aliphatic carbocycles. The molecule has 5 nitrogen and oxygen atoms in total. The predicted octanol–water partition coefficient (Wildman–Crippen LogP) is 0.918. The van der Waals surface area contributed by atoms with Gasteiger partial charge in [-0.2, -0.15) is 0 Å². The maximum absolute atomic E-state index is 12.1. The van der Waals surface area contributed by atoms with Crippen LogP contribution in [-0.2, 0) is 15.9 Å². The van der Waals surface area contributed by atoms with Gasteiger partial charge in [0.15, 0.2) is 0 Å². The third-order valence-corrected chi connectivity index (χ3v) is 4.10. The van der Waals surface area contributed by atoms with Crippen molar-refractivity contribution < 1.29 is 14.4 Å². The van der Waals surface area contributed by atoms with E-state index in [-0.39, 0.29) is 12.1 Å². The Morgan fingerprint density at radius 2 is 1.76 bits per heavy atom. The SMILES string of the molecule is CC(C)(O)Cn1ccc(B2OC(C)(C)C(C)(C)O2)cc1=O. The fraction of sp³-hybridized carbons (Fsp3) is 0.667. The summed E-state index contributed by atoms with van der Waals surface area (Å²) in [7, 11) is -0.542. The first-order valence-electron chi connectivity index (χ1n) is 7.20. The third kappa shape index (κ3) is 3.39. The van der Waals surface area contributed by atoms with Crippen LogP contribution < -0.4 is 11.0 Å². The van der Waals surface area contributed by atoms with E-state index in [1.165, 1.54) is 10.6 Å². The predicted molar refractivity (Wildman–Crippen MR) is 82.7 cm³/mol. The average molecular weight is 293 g/mol. The van der Waals surface area contributed by atoms with Gasteiger partial charge in [0.1, 0.15) is 0 Å². The lowest BCUT2D eigenvalue weighted by Gasteiger charge is -2.32. The van der Waals surface area contributed by atoms with Crippen LogP contribution in [-0.4, -0.2) is 33.6 Å². The molecule has 0 unspecified atom stereocenters. The van der Waals surface area contributed by atoms with Crippen molar-refractivity contribution in [3.8, 4) is 0 Å². The van der Waals surface area contributed by atoms with Crippen LogP contribution in [0.5, 0.6) is 0 Å². The van der Waals surface area contributed by atoms with E-state index in [4.69, 9.17) is 9.31 Å². The summed E-state index contributed by atoms with van der Waals surface area (Å²) in [6, 6.07) is 3.31. The largest absolute Gasteiger partial charge is 0.495 e. The Morgan fingerprint density at radius 1 is 1.24 bits per heavy atom. The molecular weight excluding hydrogens is 269 g/mol. The van der Waals surface area contributed by atoms with E-state index < -0.39 is 23.9 Å². The highest BCUT2D eigenvalue weighted by molar-refractivity contribution is 6.62. The minimum Gasteiger partial charge on any atom is -0.399 e. The first kappa shape index (κ1) is 16.3. The van der Waals surface area contributed by atoms with E-state index in [2.05, 4.69) is 0 Å². The Hall–Kier alpha value is -1.11. The number of hydrogen-bond acceptors (Lipinski definition) is 4. The lowest BCUT2D eigenvalue weighted by atomic mass is 9.80. The number of pyridine rings is 1. The van der Waals surface area contributed by atoms with Crippen molar-refractivity contribution in [1.82, 2.24) is 4.57 Å². The maximum atomic E-state index is 12.1. The molecule has 2 heterocycles. The Balaban J connectivity index is 2.25. The van der Waals surface area contributed by atoms with Crippen molar-refractivity contribution in [2.24, 2.45) is 0 Å². The molecule has 1 fully saturated rings.